The number of aromatic carboxylic acids is 1. The molecule has 0 radical (unpaired) electrons. The molecule has 194 valence electrons. The zero-order valence-electron chi connectivity index (χ0n) is 21.5. The van der Waals surface area contributed by atoms with E-state index in [0.717, 1.165) is 37.0 Å². The first kappa shape index (κ1) is 27.9. The lowest BCUT2D eigenvalue weighted by Crippen LogP contribution is -2.44. The Balaban J connectivity index is 1.89. The maximum atomic E-state index is 13.8. The van der Waals surface area contributed by atoms with Gasteiger partial charge in [0.25, 0.3) is 0 Å². The van der Waals surface area contributed by atoms with E-state index in [9.17, 15) is 14.7 Å². The van der Waals surface area contributed by atoms with Gasteiger partial charge in [0, 0.05) is 29.9 Å². The van der Waals surface area contributed by atoms with Crippen LogP contribution < -0.4 is 9.64 Å². The molecule has 0 unspecified atom stereocenters. The van der Waals surface area contributed by atoms with Gasteiger partial charge >= 0.3 is 5.97 Å². The van der Waals surface area contributed by atoms with Crippen LogP contribution in [0.5, 0.6) is 5.88 Å². The van der Waals surface area contributed by atoms with E-state index < -0.39 is 5.97 Å². The SMILES string of the molecule is CC1CCC(C(=O)N(c2cc(C#CC(C)(C)C)sc2C(=O)O)[C@@H](C)CCOc2ccc(Cl)nn2)CC1. The molecule has 1 aliphatic carbocycles. The number of carboxylic acids is 1. The van der Waals surface area contributed by atoms with Gasteiger partial charge in [0.1, 0.15) is 4.88 Å². The monoisotopic (exact) mass is 531 g/mol. The minimum atomic E-state index is -1.06. The summed E-state index contributed by atoms with van der Waals surface area (Å²) in [5.74, 6) is 5.99. The molecular formula is C27H34ClN3O4S. The summed E-state index contributed by atoms with van der Waals surface area (Å²) in [4.78, 5) is 28.5. The average Bonchev–Trinajstić information content (AvgIpc) is 3.23. The van der Waals surface area contributed by atoms with Gasteiger partial charge in [-0.2, -0.15) is 0 Å². The van der Waals surface area contributed by atoms with Gasteiger partial charge in [-0.1, -0.05) is 30.4 Å². The van der Waals surface area contributed by atoms with Crippen LogP contribution in [0.25, 0.3) is 0 Å². The summed E-state index contributed by atoms with van der Waals surface area (Å²) in [6.07, 6.45) is 4.09. The lowest BCUT2D eigenvalue weighted by Gasteiger charge is -2.34. The predicted octanol–water partition coefficient (Wildman–Crippen LogP) is 6.30. The highest BCUT2D eigenvalue weighted by molar-refractivity contribution is 7.15. The van der Waals surface area contributed by atoms with Crippen LogP contribution in [0.15, 0.2) is 18.2 Å². The van der Waals surface area contributed by atoms with E-state index in [-0.39, 0.29) is 39.9 Å². The fraction of sp³-hybridized carbons (Fsp3) is 0.556. The van der Waals surface area contributed by atoms with Crippen molar-refractivity contribution in [2.24, 2.45) is 17.3 Å². The Bertz CT molecular complexity index is 1120. The van der Waals surface area contributed by atoms with Crippen LogP contribution in [0.2, 0.25) is 5.15 Å². The lowest BCUT2D eigenvalue weighted by molar-refractivity contribution is -0.124. The van der Waals surface area contributed by atoms with Crippen LogP contribution in [0.4, 0.5) is 5.69 Å². The number of hydrogen-bond donors (Lipinski definition) is 1. The van der Waals surface area contributed by atoms with Gasteiger partial charge < -0.3 is 14.7 Å². The lowest BCUT2D eigenvalue weighted by atomic mass is 9.82. The second-order valence-electron chi connectivity index (χ2n) is 10.5. The van der Waals surface area contributed by atoms with Crippen molar-refractivity contribution in [3.05, 3.63) is 33.1 Å². The summed E-state index contributed by atoms with van der Waals surface area (Å²) in [5.41, 5.74) is 0.185. The summed E-state index contributed by atoms with van der Waals surface area (Å²) in [6, 6.07) is 4.68. The minimum absolute atomic E-state index is 0.0312. The van der Waals surface area contributed by atoms with Gasteiger partial charge in [-0.25, -0.2) is 4.79 Å². The number of carbonyl (C=O) groups is 2. The van der Waals surface area contributed by atoms with Crippen molar-refractivity contribution in [1.29, 1.82) is 0 Å². The van der Waals surface area contributed by atoms with Gasteiger partial charge in [0.2, 0.25) is 11.8 Å². The highest BCUT2D eigenvalue weighted by atomic mass is 35.5. The molecule has 1 saturated carbocycles. The van der Waals surface area contributed by atoms with Crippen LogP contribution in [-0.4, -0.2) is 39.8 Å². The number of halogens is 1. The van der Waals surface area contributed by atoms with E-state index in [1.54, 1.807) is 23.1 Å². The van der Waals surface area contributed by atoms with Crippen molar-refractivity contribution in [2.75, 3.05) is 11.5 Å². The maximum Gasteiger partial charge on any atom is 0.348 e. The van der Waals surface area contributed by atoms with Crippen molar-refractivity contribution in [1.82, 2.24) is 10.2 Å². The van der Waals surface area contributed by atoms with Crippen molar-refractivity contribution < 1.29 is 19.4 Å². The summed E-state index contributed by atoms with van der Waals surface area (Å²) in [6.45, 7) is 10.4. The van der Waals surface area contributed by atoms with Gasteiger partial charge in [0.15, 0.2) is 5.15 Å². The highest BCUT2D eigenvalue weighted by Gasteiger charge is 2.34. The van der Waals surface area contributed by atoms with Crippen LogP contribution in [0, 0.1) is 29.1 Å². The van der Waals surface area contributed by atoms with Gasteiger partial charge in [-0.05, 0) is 71.4 Å². The summed E-state index contributed by atoms with van der Waals surface area (Å²) < 4.78 is 5.71. The molecule has 0 aromatic carbocycles. The third-order valence-electron chi connectivity index (χ3n) is 6.16. The largest absolute Gasteiger partial charge is 0.477 e. The van der Waals surface area contributed by atoms with E-state index in [1.165, 1.54) is 0 Å². The maximum absolute atomic E-state index is 13.8. The van der Waals surface area contributed by atoms with E-state index in [4.69, 9.17) is 16.3 Å². The highest BCUT2D eigenvalue weighted by Crippen LogP contribution is 2.36. The average molecular weight is 532 g/mol. The number of hydrogen-bond acceptors (Lipinski definition) is 6. The number of carbonyl (C=O) groups excluding carboxylic acids is 1. The molecule has 3 rings (SSSR count). The smallest absolute Gasteiger partial charge is 0.348 e. The molecule has 1 N–H and O–H groups in total. The molecule has 2 aromatic heterocycles. The molecule has 2 aromatic rings. The zero-order chi connectivity index (χ0) is 26.5. The molecule has 0 saturated heterocycles. The van der Waals surface area contributed by atoms with Crippen LogP contribution in [0.1, 0.15) is 81.3 Å². The quantitative estimate of drug-likeness (QED) is 0.401. The van der Waals surface area contributed by atoms with Crippen molar-refractivity contribution in [3.63, 3.8) is 0 Å². The Morgan fingerprint density at radius 3 is 2.53 bits per heavy atom. The Morgan fingerprint density at radius 2 is 1.94 bits per heavy atom. The Hall–Kier alpha value is -2.63. The number of amides is 1. The van der Waals surface area contributed by atoms with Crippen molar-refractivity contribution >= 4 is 40.5 Å². The summed E-state index contributed by atoms with van der Waals surface area (Å²) in [7, 11) is 0. The third kappa shape index (κ3) is 7.68. The van der Waals surface area contributed by atoms with Crippen LogP contribution in [0.3, 0.4) is 0 Å². The first-order valence-electron chi connectivity index (χ1n) is 12.3. The number of nitrogens with zero attached hydrogens (tertiary/aromatic N) is 3. The predicted molar refractivity (Wildman–Crippen MR) is 143 cm³/mol. The second-order valence-corrected chi connectivity index (χ2v) is 11.9. The molecule has 36 heavy (non-hydrogen) atoms. The zero-order valence-corrected chi connectivity index (χ0v) is 23.1. The molecular weight excluding hydrogens is 498 g/mol. The number of rotatable bonds is 8. The van der Waals surface area contributed by atoms with E-state index >= 15 is 0 Å². The topological polar surface area (TPSA) is 92.6 Å². The van der Waals surface area contributed by atoms with Crippen LogP contribution in [-0.2, 0) is 4.79 Å². The molecule has 1 atom stereocenters. The molecule has 9 heteroatoms. The molecule has 1 fully saturated rings. The summed E-state index contributed by atoms with van der Waals surface area (Å²) in [5, 5.41) is 17.9. The van der Waals surface area contributed by atoms with E-state index in [2.05, 4.69) is 29.0 Å². The Morgan fingerprint density at radius 1 is 1.25 bits per heavy atom. The summed E-state index contributed by atoms with van der Waals surface area (Å²) >= 11 is 6.89. The molecule has 1 amide bonds. The Kier molecular flexibility index (Phi) is 9.37. The number of thiophene rings is 1. The first-order valence-corrected chi connectivity index (χ1v) is 13.5. The van der Waals surface area contributed by atoms with Crippen molar-refractivity contribution in [2.45, 2.75) is 72.8 Å². The third-order valence-corrected chi connectivity index (χ3v) is 7.39. The first-order chi connectivity index (χ1) is 16.9. The molecule has 0 bridgehead atoms. The molecule has 7 nitrogen and oxygen atoms in total. The number of aromatic nitrogens is 2. The Labute approximate surface area is 222 Å². The van der Waals surface area contributed by atoms with Crippen LogP contribution >= 0.6 is 22.9 Å². The van der Waals surface area contributed by atoms with Gasteiger partial charge in [0.05, 0.1) is 17.2 Å². The minimum Gasteiger partial charge on any atom is -0.477 e. The normalized spacial score (nSPS) is 18.6. The van der Waals surface area contributed by atoms with Gasteiger partial charge in [-0.3, -0.25) is 4.79 Å². The number of carboxylic acid groups (broad SMARTS) is 1. The molecule has 0 aliphatic heterocycles. The second kappa shape index (κ2) is 12.1. The van der Waals surface area contributed by atoms with E-state index in [1.807, 2.05) is 27.7 Å². The molecule has 0 spiro atoms. The fourth-order valence-corrected chi connectivity index (χ4v) is 5.09. The fourth-order valence-electron chi connectivity index (χ4n) is 4.15. The molecule has 2 heterocycles. The number of anilines is 1. The molecule has 1 aliphatic rings. The van der Waals surface area contributed by atoms with Gasteiger partial charge in [-0.15, -0.1) is 21.5 Å². The standard InChI is InChI=1S/C27H34ClN3O4S/c1-17-6-8-19(9-7-17)25(32)31(18(2)13-15-35-23-11-10-22(28)29-30-23)21-16-20(12-14-27(3,4)5)36-24(21)26(33)34/h10-11,16-19H,6-9,13,15H2,1-5H3,(H,33,34)/t17?,18-,19?/m0/s1. The number of ether oxygens (including phenoxy) is 1. The van der Waals surface area contributed by atoms with E-state index in [0.29, 0.717) is 28.8 Å². The van der Waals surface area contributed by atoms with Crippen molar-refractivity contribution in [3.8, 4) is 17.7 Å².